The first-order valence-corrected chi connectivity index (χ1v) is 9.69. The van der Waals surface area contributed by atoms with Crippen molar-refractivity contribution in [1.82, 2.24) is 19.8 Å². The van der Waals surface area contributed by atoms with E-state index in [1.807, 2.05) is 19.6 Å². The second-order valence-corrected chi connectivity index (χ2v) is 7.72. The van der Waals surface area contributed by atoms with Crippen molar-refractivity contribution in [2.24, 2.45) is 10.9 Å². The first-order chi connectivity index (χ1) is 13.0. The molecule has 0 bridgehead atoms. The number of hydrogen-bond donors (Lipinski definition) is 1. The molecular formula is C21H32N6. The van der Waals surface area contributed by atoms with E-state index in [0.717, 1.165) is 32.0 Å². The van der Waals surface area contributed by atoms with Crippen molar-refractivity contribution in [3.63, 3.8) is 0 Å². The lowest BCUT2D eigenvalue weighted by Gasteiger charge is -2.39. The van der Waals surface area contributed by atoms with Crippen molar-refractivity contribution in [2.45, 2.75) is 32.9 Å². The Balaban J connectivity index is 1.69. The number of anilines is 1. The zero-order chi connectivity index (χ0) is 19.4. The van der Waals surface area contributed by atoms with E-state index < -0.39 is 0 Å². The first kappa shape index (κ1) is 19.3. The van der Waals surface area contributed by atoms with Gasteiger partial charge in [-0.1, -0.05) is 19.1 Å². The highest BCUT2D eigenvalue weighted by Gasteiger charge is 2.28. The predicted octanol–water partition coefficient (Wildman–Crippen LogP) is 2.92. The number of piperidine rings is 1. The smallest absolute Gasteiger partial charge is 0.193 e. The molecule has 2 heterocycles. The minimum Gasteiger partial charge on any atom is -0.377 e. The Morgan fingerprint density at radius 3 is 2.85 bits per heavy atom. The fourth-order valence-corrected chi connectivity index (χ4v) is 3.84. The van der Waals surface area contributed by atoms with Gasteiger partial charge in [0.05, 0.1) is 12.4 Å². The molecule has 0 spiro atoms. The van der Waals surface area contributed by atoms with E-state index in [1.165, 1.54) is 16.8 Å². The quantitative estimate of drug-likeness (QED) is 0.666. The zero-order valence-corrected chi connectivity index (χ0v) is 17.2. The molecule has 2 atom stereocenters. The van der Waals surface area contributed by atoms with Crippen molar-refractivity contribution >= 4 is 11.6 Å². The van der Waals surface area contributed by atoms with Crippen LogP contribution in [-0.4, -0.2) is 54.6 Å². The first-order valence-electron chi connectivity index (χ1n) is 9.69. The molecule has 27 heavy (non-hydrogen) atoms. The molecule has 1 aliphatic rings. The molecule has 3 rings (SSSR count). The van der Waals surface area contributed by atoms with Crippen molar-refractivity contribution in [2.75, 3.05) is 39.1 Å². The molecule has 1 saturated heterocycles. The van der Waals surface area contributed by atoms with Crippen LogP contribution in [0, 0.1) is 12.8 Å². The van der Waals surface area contributed by atoms with Crippen LogP contribution in [0.15, 0.2) is 41.9 Å². The molecule has 6 heteroatoms. The Bertz CT molecular complexity index is 765. The number of likely N-dealkylation sites (tertiary alicyclic amines) is 1. The second-order valence-electron chi connectivity index (χ2n) is 7.72. The molecule has 2 unspecified atom stereocenters. The molecule has 1 aromatic heterocycles. The number of nitrogens with zero attached hydrogens (tertiary/aromatic N) is 5. The van der Waals surface area contributed by atoms with Crippen LogP contribution in [0.5, 0.6) is 0 Å². The van der Waals surface area contributed by atoms with Crippen molar-refractivity contribution < 1.29 is 0 Å². The van der Waals surface area contributed by atoms with E-state index in [4.69, 9.17) is 0 Å². The average Bonchev–Trinajstić information content (AvgIpc) is 3.18. The largest absolute Gasteiger partial charge is 0.377 e. The standard InChI is InChI=1S/C21H32N6/c1-16-6-7-18(19(12-16)25(4)5)13-24-21(22-3)26-10-8-17(2)20(14-26)27-11-9-23-15-27/h6-7,9,11-12,15,17,20H,8,10,13-14H2,1-5H3,(H,22,24). The van der Waals surface area contributed by atoms with Gasteiger partial charge < -0.3 is 19.7 Å². The third-order valence-electron chi connectivity index (χ3n) is 5.50. The summed E-state index contributed by atoms with van der Waals surface area (Å²) in [6.07, 6.45) is 7.00. The molecule has 1 fully saturated rings. The number of benzene rings is 1. The molecule has 6 nitrogen and oxygen atoms in total. The van der Waals surface area contributed by atoms with E-state index in [2.05, 4.69) is 82.0 Å². The topological polar surface area (TPSA) is 48.7 Å². The molecule has 0 amide bonds. The number of aryl methyl sites for hydroxylation is 1. The zero-order valence-electron chi connectivity index (χ0n) is 17.2. The van der Waals surface area contributed by atoms with Crippen LogP contribution in [-0.2, 0) is 6.54 Å². The summed E-state index contributed by atoms with van der Waals surface area (Å²) in [6.45, 7) is 7.20. The van der Waals surface area contributed by atoms with Gasteiger partial charge in [0.15, 0.2) is 5.96 Å². The van der Waals surface area contributed by atoms with E-state index in [0.29, 0.717) is 12.0 Å². The summed E-state index contributed by atoms with van der Waals surface area (Å²) in [5.74, 6) is 1.60. The molecule has 0 radical (unpaired) electrons. The van der Waals surface area contributed by atoms with Crippen LogP contribution in [0.2, 0.25) is 0 Å². The Kier molecular flexibility index (Phi) is 6.04. The predicted molar refractivity (Wildman–Crippen MR) is 112 cm³/mol. The Morgan fingerprint density at radius 2 is 2.19 bits per heavy atom. The highest BCUT2D eigenvalue weighted by molar-refractivity contribution is 5.80. The molecule has 1 aromatic carbocycles. The lowest BCUT2D eigenvalue weighted by Crippen LogP contribution is -2.48. The van der Waals surface area contributed by atoms with E-state index >= 15 is 0 Å². The Labute approximate surface area is 162 Å². The van der Waals surface area contributed by atoms with Gasteiger partial charge in [-0.3, -0.25) is 4.99 Å². The molecule has 2 aromatic rings. The lowest BCUT2D eigenvalue weighted by atomic mass is 9.93. The molecular weight excluding hydrogens is 336 g/mol. The number of nitrogens with one attached hydrogen (secondary N) is 1. The van der Waals surface area contributed by atoms with Crippen molar-refractivity contribution in [3.8, 4) is 0 Å². The summed E-state index contributed by atoms with van der Waals surface area (Å²) in [6, 6.07) is 7.04. The monoisotopic (exact) mass is 368 g/mol. The number of guanidine groups is 1. The van der Waals surface area contributed by atoms with E-state index in [9.17, 15) is 0 Å². The minimum atomic E-state index is 0.427. The molecule has 0 aliphatic carbocycles. The summed E-state index contributed by atoms with van der Waals surface area (Å²) in [7, 11) is 6.05. The van der Waals surface area contributed by atoms with Crippen LogP contribution < -0.4 is 10.2 Å². The number of rotatable bonds is 4. The number of hydrogen-bond acceptors (Lipinski definition) is 3. The van der Waals surface area contributed by atoms with Gasteiger partial charge >= 0.3 is 0 Å². The van der Waals surface area contributed by atoms with Crippen LogP contribution in [0.1, 0.15) is 30.5 Å². The van der Waals surface area contributed by atoms with Gasteiger partial charge in [-0.2, -0.15) is 0 Å². The lowest BCUT2D eigenvalue weighted by molar-refractivity contribution is 0.189. The van der Waals surface area contributed by atoms with Crippen LogP contribution in [0.3, 0.4) is 0 Å². The van der Waals surface area contributed by atoms with Gasteiger partial charge in [0.1, 0.15) is 0 Å². The molecule has 1 N–H and O–H groups in total. The number of aliphatic imine (C=N–C) groups is 1. The van der Waals surface area contributed by atoms with Gasteiger partial charge in [0.2, 0.25) is 0 Å². The normalized spacial score (nSPS) is 20.6. The van der Waals surface area contributed by atoms with Gasteiger partial charge in [-0.05, 0) is 36.5 Å². The minimum absolute atomic E-state index is 0.427. The highest BCUT2D eigenvalue weighted by atomic mass is 15.3. The summed E-state index contributed by atoms with van der Waals surface area (Å²) < 4.78 is 2.23. The van der Waals surface area contributed by atoms with E-state index in [-0.39, 0.29) is 0 Å². The molecule has 0 saturated carbocycles. The van der Waals surface area contributed by atoms with Gasteiger partial charge in [0, 0.05) is 58.9 Å². The SMILES string of the molecule is CN=C(NCc1ccc(C)cc1N(C)C)N1CCC(C)C(n2ccnc2)C1. The molecule has 1 aliphatic heterocycles. The maximum absolute atomic E-state index is 4.55. The van der Waals surface area contributed by atoms with Crippen molar-refractivity contribution in [1.29, 1.82) is 0 Å². The fourth-order valence-electron chi connectivity index (χ4n) is 3.84. The van der Waals surface area contributed by atoms with E-state index in [1.54, 1.807) is 0 Å². The Hall–Kier alpha value is -2.50. The Morgan fingerprint density at radius 1 is 1.37 bits per heavy atom. The third-order valence-corrected chi connectivity index (χ3v) is 5.50. The average molecular weight is 369 g/mol. The number of imidazole rings is 1. The van der Waals surface area contributed by atoms with Crippen LogP contribution >= 0.6 is 0 Å². The second kappa shape index (κ2) is 8.46. The van der Waals surface area contributed by atoms with Crippen LogP contribution in [0.25, 0.3) is 0 Å². The summed E-state index contributed by atoms with van der Waals surface area (Å²) in [5.41, 5.74) is 3.81. The van der Waals surface area contributed by atoms with Crippen LogP contribution in [0.4, 0.5) is 5.69 Å². The molecule has 146 valence electrons. The summed E-state index contributed by atoms with van der Waals surface area (Å²) in [5, 5.41) is 3.58. The van der Waals surface area contributed by atoms with Gasteiger partial charge in [0.25, 0.3) is 0 Å². The number of aromatic nitrogens is 2. The summed E-state index contributed by atoms with van der Waals surface area (Å²) >= 11 is 0. The van der Waals surface area contributed by atoms with Crippen molar-refractivity contribution in [3.05, 3.63) is 48.0 Å². The van der Waals surface area contributed by atoms with Gasteiger partial charge in [-0.15, -0.1) is 0 Å². The third kappa shape index (κ3) is 4.43. The fraction of sp³-hybridized carbons (Fsp3) is 0.524. The maximum atomic E-state index is 4.55. The highest BCUT2D eigenvalue weighted by Crippen LogP contribution is 2.27. The van der Waals surface area contributed by atoms with Gasteiger partial charge in [-0.25, -0.2) is 4.98 Å². The summed E-state index contributed by atoms with van der Waals surface area (Å²) in [4.78, 5) is 13.3. The maximum Gasteiger partial charge on any atom is 0.193 e.